The summed E-state index contributed by atoms with van der Waals surface area (Å²) >= 11 is 0. The summed E-state index contributed by atoms with van der Waals surface area (Å²) in [6.45, 7) is 4.73. The molecule has 73 heavy (non-hydrogen) atoms. The van der Waals surface area contributed by atoms with Gasteiger partial charge in [0.25, 0.3) is 6.29 Å². The molecule has 0 saturated heterocycles. The molecule has 0 heterocycles. The van der Waals surface area contributed by atoms with Crippen molar-refractivity contribution in [2.24, 2.45) is 0 Å². The molecular formula is C64H110NO8+. The van der Waals surface area contributed by atoms with E-state index >= 15 is 0 Å². The van der Waals surface area contributed by atoms with Crippen molar-refractivity contribution in [2.75, 3.05) is 47.5 Å². The smallest absolute Gasteiger partial charge is 0.361 e. The van der Waals surface area contributed by atoms with Crippen molar-refractivity contribution in [1.82, 2.24) is 0 Å². The van der Waals surface area contributed by atoms with E-state index in [-0.39, 0.29) is 38.6 Å². The van der Waals surface area contributed by atoms with E-state index in [0.717, 1.165) is 96.3 Å². The van der Waals surface area contributed by atoms with Gasteiger partial charge in [0.2, 0.25) is 0 Å². The Hall–Kier alpha value is -3.79. The first-order valence-electron chi connectivity index (χ1n) is 29.4. The zero-order valence-corrected chi connectivity index (χ0v) is 47.5. The monoisotopic (exact) mass is 1020 g/mol. The Balaban J connectivity index is 4.22. The van der Waals surface area contributed by atoms with Crippen LogP contribution < -0.4 is 0 Å². The molecule has 0 aromatic rings. The van der Waals surface area contributed by atoms with E-state index in [1.54, 1.807) is 0 Å². The SMILES string of the molecule is CC/C=C\C/C=C\C/C=C\C/C=C\C/C=C\C/C=C\CCCCCCCCCCCCCCC(=O)OC(COC(=O)CCCCCCCCC/C=C\C/C=C\CCCCC)COC(OCC[N+](C)(C)C)C(=O)O. The van der Waals surface area contributed by atoms with Gasteiger partial charge in [-0.15, -0.1) is 0 Å². The number of carbonyl (C=O) groups is 3. The van der Waals surface area contributed by atoms with Crippen LogP contribution in [0.15, 0.2) is 97.2 Å². The zero-order valence-electron chi connectivity index (χ0n) is 47.5. The second kappa shape index (κ2) is 54.5. The molecule has 0 aliphatic carbocycles. The maximum atomic E-state index is 12.9. The molecule has 418 valence electrons. The largest absolute Gasteiger partial charge is 0.477 e. The average molecular weight is 1020 g/mol. The number of nitrogens with zero attached hydrogens (tertiary/aromatic N) is 1. The molecule has 0 aromatic heterocycles. The molecular weight excluding hydrogens is 911 g/mol. The molecule has 0 aliphatic rings. The fourth-order valence-corrected chi connectivity index (χ4v) is 7.81. The normalized spacial score (nSPS) is 13.5. The number of rotatable bonds is 53. The topological polar surface area (TPSA) is 108 Å². The minimum atomic E-state index is -1.52. The standard InChI is InChI=1S/C64H109NO8/c1-6-8-10-12-14-16-18-20-22-24-25-26-27-28-29-30-31-32-33-34-35-36-37-39-41-43-45-47-49-51-53-55-62(67)73-60(59-72-64(63(68)69)70-57-56-65(3,4)5)58-71-61(66)54-52-50-48-46-44-42-40-38-23-21-19-17-15-13-11-9-7-2/h8,10,14-17,20-23,25-26,28-29,31-32,60,64H,6-7,9,11-13,18-19,24,27,30,33-59H2,1-5H3/p+1/b10-8-,16-14-,17-15-,22-20-,23-21-,26-25-,29-28-,32-31-. The third kappa shape index (κ3) is 55.8. The maximum Gasteiger partial charge on any atom is 0.361 e. The van der Waals surface area contributed by atoms with Gasteiger partial charge in [-0.25, -0.2) is 4.79 Å². The van der Waals surface area contributed by atoms with Crippen LogP contribution in [0.5, 0.6) is 0 Å². The Morgan fingerprint density at radius 1 is 0.425 bits per heavy atom. The Morgan fingerprint density at radius 2 is 0.781 bits per heavy atom. The van der Waals surface area contributed by atoms with Gasteiger partial charge in [0.05, 0.1) is 34.4 Å². The molecule has 0 radical (unpaired) electrons. The molecule has 0 fully saturated rings. The van der Waals surface area contributed by atoms with Crippen molar-refractivity contribution in [3.05, 3.63) is 97.2 Å². The lowest BCUT2D eigenvalue weighted by molar-refractivity contribution is -0.870. The van der Waals surface area contributed by atoms with E-state index in [2.05, 4.69) is 111 Å². The summed E-state index contributed by atoms with van der Waals surface area (Å²) in [5, 5.41) is 9.70. The molecule has 0 amide bonds. The van der Waals surface area contributed by atoms with Gasteiger partial charge in [0.1, 0.15) is 13.2 Å². The molecule has 9 nitrogen and oxygen atoms in total. The second-order valence-corrected chi connectivity index (χ2v) is 20.6. The Kier molecular flexibility index (Phi) is 51.6. The number of carboxylic acid groups (broad SMARTS) is 1. The third-order valence-corrected chi connectivity index (χ3v) is 12.3. The summed E-state index contributed by atoms with van der Waals surface area (Å²) in [5.74, 6) is -2.02. The van der Waals surface area contributed by atoms with Gasteiger partial charge >= 0.3 is 17.9 Å². The molecule has 0 saturated carbocycles. The van der Waals surface area contributed by atoms with Gasteiger partial charge in [-0.1, -0.05) is 220 Å². The Morgan fingerprint density at radius 3 is 1.16 bits per heavy atom. The fraction of sp³-hybridized carbons (Fsp3) is 0.703. The predicted octanol–water partition coefficient (Wildman–Crippen LogP) is 17.3. The van der Waals surface area contributed by atoms with E-state index in [9.17, 15) is 19.5 Å². The number of esters is 2. The van der Waals surface area contributed by atoms with Crippen LogP contribution in [0.1, 0.15) is 232 Å². The van der Waals surface area contributed by atoms with Crippen LogP contribution in [-0.4, -0.2) is 87.4 Å². The van der Waals surface area contributed by atoms with Gasteiger partial charge in [0, 0.05) is 12.8 Å². The average Bonchev–Trinajstić information content (AvgIpc) is 3.36. The highest BCUT2D eigenvalue weighted by Gasteiger charge is 2.25. The number of aliphatic carboxylic acids is 1. The third-order valence-electron chi connectivity index (χ3n) is 12.3. The number of ether oxygens (including phenoxy) is 4. The van der Waals surface area contributed by atoms with E-state index in [1.165, 1.54) is 103 Å². The first kappa shape index (κ1) is 69.2. The lowest BCUT2D eigenvalue weighted by atomic mass is 10.0. The first-order valence-corrected chi connectivity index (χ1v) is 29.4. The number of hydrogen-bond donors (Lipinski definition) is 1. The van der Waals surface area contributed by atoms with Crippen LogP contribution >= 0.6 is 0 Å². The quantitative estimate of drug-likeness (QED) is 0.0211. The van der Waals surface area contributed by atoms with Crippen LogP contribution in [0.25, 0.3) is 0 Å². The van der Waals surface area contributed by atoms with E-state index in [1.807, 2.05) is 21.1 Å². The summed E-state index contributed by atoms with van der Waals surface area (Å²) in [5.41, 5.74) is 0. The lowest BCUT2D eigenvalue weighted by Gasteiger charge is -2.25. The summed E-state index contributed by atoms with van der Waals surface area (Å²) in [7, 11) is 5.96. The zero-order chi connectivity index (χ0) is 53.4. The van der Waals surface area contributed by atoms with Crippen molar-refractivity contribution in [2.45, 2.75) is 245 Å². The number of likely N-dealkylation sites (N-methyl/N-ethyl adjacent to an activating group) is 1. The summed E-state index contributed by atoms with van der Waals surface area (Å²) in [6, 6.07) is 0. The molecule has 0 spiro atoms. The van der Waals surface area contributed by atoms with Gasteiger partial charge in [-0.3, -0.25) is 9.59 Å². The van der Waals surface area contributed by atoms with E-state index in [0.29, 0.717) is 17.4 Å². The molecule has 0 rings (SSSR count). The minimum Gasteiger partial charge on any atom is -0.477 e. The summed E-state index contributed by atoms with van der Waals surface area (Å²) < 4.78 is 22.9. The van der Waals surface area contributed by atoms with Crippen LogP contribution in [0.3, 0.4) is 0 Å². The fourth-order valence-electron chi connectivity index (χ4n) is 7.81. The Bertz CT molecular complexity index is 1520. The highest BCUT2D eigenvalue weighted by Crippen LogP contribution is 2.15. The molecule has 1 N–H and O–H groups in total. The summed E-state index contributed by atoms with van der Waals surface area (Å²) in [4.78, 5) is 37.4. The highest BCUT2D eigenvalue weighted by molar-refractivity contribution is 5.71. The van der Waals surface area contributed by atoms with Gasteiger partial charge in [0.15, 0.2) is 6.10 Å². The number of carboxylic acids is 1. The van der Waals surface area contributed by atoms with Gasteiger partial charge < -0.3 is 28.5 Å². The van der Waals surface area contributed by atoms with Crippen molar-refractivity contribution in [3.63, 3.8) is 0 Å². The lowest BCUT2D eigenvalue weighted by Crippen LogP contribution is -2.40. The minimum absolute atomic E-state index is 0.182. The molecule has 2 unspecified atom stereocenters. The van der Waals surface area contributed by atoms with Crippen LogP contribution in [0.4, 0.5) is 0 Å². The van der Waals surface area contributed by atoms with Crippen LogP contribution in [0.2, 0.25) is 0 Å². The van der Waals surface area contributed by atoms with E-state index < -0.39 is 24.3 Å². The highest BCUT2D eigenvalue weighted by atomic mass is 16.7. The van der Waals surface area contributed by atoms with Crippen molar-refractivity contribution >= 4 is 17.9 Å². The van der Waals surface area contributed by atoms with Gasteiger partial charge in [-0.05, 0) is 96.3 Å². The van der Waals surface area contributed by atoms with Crippen molar-refractivity contribution in [3.8, 4) is 0 Å². The van der Waals surface area contributed by atoms with Gasteiger partial charge in [-0.2, -0.15) is 0 Å². The second-order valence-electron chi connectivity index (χ2n) is 20.6. The van der Waals surface area contributed by atoms with Crippen LogP contribution in [0, 0.1) is 0 Å². The number of unbranched alkanes of at least 4 members (excludes halogenated alkanes) is 22. The number of hydrogen-bond acceptors (Lipinski definition) is 7. The number of allylic oxidation sites excluding steroid dienone is 16. The molecule has 0 aromatic carbocycles. The molecule has 2 atom stereocenters. The van der Waals surface area contributed by atoms with Crippen molar-refractivity contribution < 1.29 is 42.9 Å². The molecule has 9 heteroatoms. The van der Waals surface area contributed by atoms with Crippen LogP contribution in [-0.2, 0) is 33.3 Å². The number of carbonyl (C=O) groups excluding carboxylic acids is 2. The Labute approximate surface area is 448 Å². The number of quaternary nitrogens is 1. The first-order chi connectivity index (χ1) is 35.6. The molecule has 0 bridgehead atoms. The van der Waals surface area contributed by atoms with Crippen molar-refractivity contribution in [1.29, 1.82) is 0 Å². The predicted molar refractivity (Wildman–Crippen MR) is 309 cm³/mol. The maximum absolute atomic E-state index is 12.9. The van der Waals surface area contributed by atoms with E-state index in [4.69, 9.17) is 18.9 Å². The molecule has 0 aliphatic heterocycles. The summed E-state index contributed by atoms with van der Waals surface area (Å²) in [6.07, 6.45) is 70.5.